The van der Waals surface area contributed by atoms with Crippen molar-refractivity contribution in [3.05, 3.63) is 94.5 Å². The number of hydrogen-bond donors (Lipinski definition) is 2. The van der Waals surface area contributed by atoms with Gasteiger partial charge in [0.1, 0.15) is 5.75 Å². The molecule has 0 saturated heterocycles. The molecule has 2 amide bonds. The molecule has 0 saturated carbocycles. The first-order chi connectivity index (χ1) is 15.8. The van der Waals surface area contributed by atoms with Crippen LogP contribution in [0.25, 0.3) is 0 Å². The van der Waals surface area contributed by atoms with Gasteiger partial charge in [0.25, 0.3) is 0 Å². The van der Waals surface area contributed by atoms with Gasteiger partial charge in [-0.1, -0.05) is 36.4 Å². The monoisotopic (exact) mass is 443 g/mol. The molecule has 0 spiro atoms. The van der Waals surface area contributed by atoms with Gasteiger partial charge >= 0.3 is 17.8 Å². The fourth-order valence-electron chi connectivity index (χ4n) is 3.16. The van der Waals surface area contributed by atoms with Gasteiger partial charge in [0.15, 0.2) is 0 Å². The maximum atomic E-state index is 12.3. The van der Waals surface area contributed by atoms with Crippen LogP contribution in [-0.4, -0.2) is 23.5 Å². The number of aryl methyl sites for hydroxylation is 3. The summed E-state index contributed by atoms with van der Waals surface area (Å²) < 4.78 is 5.42. The average Bonchev–Trinajstić information content (AvgIpc) is 2.80. The van der Waals surface area contributed by atoms with Crippen LogP contribution in [-0.2, 0) is 9.59 Å². The predicted octanol–water partition coefficient (Wildman–Crippen LogP) is 4.31. The zero-order valence-electron chi connectivity index (χ0n) is 18.9. The number of anilines is 1. The lowest BCUT2D eigenvalue weighted by Gasteiger charge is -2.10. The third kappa shape index (κ3) is 5.92. The second-order valence-corrected chi connectivity index (χ2v) is 7.59. The van der Waals surface area contributed by atoms with Gasteiger partial charge in [-0.2, -0.15) is 5.10 Å². The number of hydrazone groups is 1. The number of esters is 1. The Balaban J connectivity index is 1.60. The first kappa shape index (κ1) is 23.4. The third-order valence-corrected chi connectivity index (χ3v) is 5.10. The molecule has 0 atom stereocenters. The number of amides is 2. The lowest BCUT2D eigenvalue weighted by Crippen LogP contribution is -2.33. The van der Waals surface area contributed by atoms with Crippen molar-refractivity contribution in [2.75, 3.05) is 5.32 Å². The Morgan fingerprint density at radius 1 is 0.758 bits per heavy atom. The molecule has 7 nitrogen and oxygen atoms in total. The molecule has 0 heterocycles. The number of nitrogens with one attached hydrogen (secondary N) is 2. The Bertz CT molecular complexity index is 1210. The van der Waals surface area contributed by atoms with E-state index in [9.17, 15) is 14.4 Å². The minimum Gasteiger partial charge on any atom is -0.423 e. The zero-order chi connectivity index (χ0) is 24.0. The molecule has 0 aliphatic carbocycles. The second-order valence-electron chi connectivity index (χ2n) is 7.59. The van der Waals surface area contributed by atoms with Crippen LogP contribution in [0.5, 0.6) is 5.75 Å². The molecule has 0 aliphatic heterocycles. The van der Waals surface area contributed by atoms with E-state index in [2.05, 4.69) is 15.8 Å². The van der Waals surface area contributed by atoms with Gasteiger partial charge in [-0.3, -0.25) is 9.59 Å². The number of benzene rings is 3. The van der Waals surface area contributed by atoms with Gasteiger partial charge in [-0.05, 0) is 80.3 Å². The standard InChI is InChI=1S/C26H25N3O4/c1-16-8-5-6-11-22(16)26(32)33-21-14-12-20(13-15-21)19(4)28-29-25(31)24(30)27-23-17(2)9-7-10-18(23)3/h5-15H,1-4H3,(H,27,30)(H,29,31)/b28-19+. The molecule has 0 fully saturated rings. The van der Waals surface area contributed by atoms with Crippen LogP contribution in [0, 0.1) is 20.8 Å². The summed E-state index contributed by atoms with van der Waals surface area (Å²) in [7, 11) is 0. The summed E-state index contributed by atoms with van der Waals surface area (Å²) in [6.07, 6.45) is 0. The fourth-order valence-corrected chi connectivity index (χ4v) is 3.16. The van der Waals surface area contributed by atoms with E-state index in [1.807, 2.05) is 51.1 Å². The number of hydrogen-bond acceptors (Lipinski definition) is 5. The largest absolute Gasteiger partial charge is 0.423 e. The van der Waals surface area contributed by atoms with Crippen molar-refractivity contribution in [3.8, 4) is 5.75 Å². The van der Waals surface area contributed by atoms with E-state index in [1.54, 1.807) is 43.3 Å². The molecule has 0 bridgehead atoms. The van der Waals surface area contributed by atoms with Crippen LogP contribution in [0.1, 0.15) is 39.5 Å². The van der Waals surface area contributed by atoms with E-state index in [0.717, 1.165) is 16.7 Å². The van der Waals surface area contributed by atoms with Gasteiger partial charge in [0.2, 0.25) is 0 Å². The van der Waals surface area contributed by atoms with Crippen molar-refractivity contribution in [2.24, 2.45) is 5.10 Å². The molecule has 0 aliphatic rings. The molecule has 3 aromatic rings. The lowest BCUT2D eigenvalue weighted by molar-refractivity contribution is -0.136. The Labute approximate surface area is 192 Å². The minimum absolute atomic E-state index is 0.386. The maximum Gasteiger partial charge on any atom is 0.343 e. The van der Waals surface area contributed by atoms with Crippen molar-refractivity contribution < 1.29 is 19.1 Å². The number of nitrogens with zero attached hydrogens (tertiary/aromatic N) is 1. The van der Waals surface area contributed by atoms with Gasteiger partial charge in [0.05, 0.1) is 11.3 Å². The van der Waals surface area contributed by atoms with Gasteiger partial charge < -0.3 is 10.1 Å². The van der Waals surface area contributed by atoms with E-state index in [-0.39, 0.29) is 0 Å². The van der Waals surface area contributed by atoms with Gasteiger partial charge in [-0.25, -0.2) is 10.2 Å². The Morgan fingerprint density at radius 3 is 2.00 bits per heavy atom. The molecule has 0 unspecified atom stereocenters. The molecule has 168 valence electrons. The molecular formula is C26H25N3O4. The van der Waals surface area contributed by atoms with E-state index >= 15 is 0 Å². The first-order valence-electron chi connectivity index (χ1n) is 10.4. The Kier molecular flexibility index (Phi) is 7.35. The normalized spacial score (nSPS) is 11.0. The fraction of sp³-hybridized carbons (Fsp3) is 0.154. The highest BCUT2D eigenvalue weighted by molar-refractivity contribution is 6.39. The number of ether oxygens (including phenoxy) is 1. The molecule has 0 aromatic heterocycles. The number of rotatable bonds is 5. The number of carbonyl (C=O) groups excluding carboxylic acids is 3. The molecule has 3 rings (SSSR count). The lowest BCUT2D eigenvalue weighted by atomic mass is 10.1. The van der Waals surface area contributed by atoms with Crippen LogP contribution in [0.4, 0.5) is 5.69 Å². The summed E-state index contributed by atoms with van der Waals surface area (Å²) in [4.78, 5) is 36.7. The molecule has 7 heteroatoms. The highest BCUT2D eigenvalue weighted by atomic mass is 16.5. The van der Waals surface area contributed by atoms with E-state index in [4.69, 9.17) is 4.74 Å². The van der Waals surface area contributed by atoms with Crippen LogP contribution < -0.4 is 15.5 Å². The molecule has 2 N–H and O–H groups in total. The Morgan fingerprint density at radius 2 is 1.36 bits per heavy atom. The summed E-state index contributed by atoms with van der Waals surface area (Å²) in [6, 6.07) is 19.5. The van der Waals surface area contributed by atoms with Crippen LogP contribution in [0.15, 0.2) is 71.8 Å². The van der Waals surface area contributed by atoms with Crippen LogP contribution >= 0.6 is 0 Å². The summed E-state index contributed by atoms with van der Waals surface area (Å²) in [5.74, 6) is -1.73. The van der Waals surface area contributed by atoms with Gasteiger partial charge in [-0.15, -0.1) is 0 Å². The SMILES string of the molecule is C/C(=N\NC(=O)C(=O)Nc1c(C)cccc1C)c1ccc(OC(=O)c2ccccc2C)cc1. The number of carbonyl (C=O) groups is 3. The van der Waals surface area contributed by atoms with E-state index in [0.29, 0.717) is 28.3 Å². The van der Waals surface area contributed by atoms with Crippen molar-refractivity contribution in [1.82, 2.24) is 5.43 Å². The first-order valence-corrected chi connectivity index (χ1v) is 10.4. The molecule has 33 heavy (non-hydrogen) atoms. The quantitative estimate of drug-likeness (QED) is 0.202. The van der Waals surface area contributed by atoms with E-state index < -0.39 is 17.8 Å². The van der Waals surface area contributed by atoms with Crippen molar-refractivity contribution >= 4 is 29.2 Å². The third-order valence-electron chi connectivity index (χ3n) is 5.10. The highest BCUT2D eigenvalue weighted by Gasteiger charge is 2.16. The van der Waals surface area contributed by atoms with Crippen LogP contribution in [0.3, 0.4) is 0 Å². The molecule has 0 radical (unpaired) electrons. The van der Waals surface area contributed by atoms with Crippen molar-refractivity contribution in [2.45, 2.75) is 27.7 Å². The smallest absolute Gasteiger partial charge is 0.343 e. The summed E-state index contributed by atoms with van der Waals surface area (Å²) in [5, 5.41) is 6.62. The zero-order valence-corrected chi connectivity index (χ0v) is 18.9. The summed E-state index contributed by atoms with van der Waals surface area (Å²) >= 11 is 0. The summed E-state index contributed by atoms with van der Waals surface area (Å²) in [6.45, 7) is 7.24. The summed E-state index contributed by atoms with van der Waals surface area (Å²) in [5.41, 5.74) is 7.11. The second kappa shape index (κ2) is 10.4. The molecular weight excluding hydrogens is 418 g/mol. The van der Waals surface area contributed by atoms with E-state index in [1.165, 1.54) is 0 Å². The molecule has 3 aromatic carbocycles. The average molecular weight is 444 g/mol. The van der Waals surface area contributed by atoms with Crippen molar-refractivity contribution in [1.29, 1.82) is 0 Å². The highest BCUT2D eigenvalue weighted by Crippen LogP contribution is 2.19. The van der Waals surface area contributed by atoms with Gasteiger partial charge in [0, 0.05) is 5.69 Å². The predicted molar refractivity (Wildman–Crippen MR) is 127 cm³/mol. The minimum atomic E-state index is -0.874. The Hall–Kier alpha value is -4.26. The van der Waals surface area contributed by atoms with Crippen molar-refractivity contribution in [3.63, 3.8) is 0 Å². The number of para-hydroxylation sites is 1. The topological polar surface area (TPSA) is 96.9 Å². The van der Waals surface area contributed by atoms with Crippen LogP contribution in [0.2, 0.25) is 0 Å². The maximum absolute atomic E-state index is 12.3.